The molecular formula is C13H19N3O2. The average molecular weight is 249 g/mol. The van der Waals surface area contributed by atoms with Gasteiger partial charge in [0, 0.05) is 6.54 Å². The second-order valence-electron chi connectivity index (χ2n) is 4.78. The molecule has 1 saturated heterocycles. The molecule has 5 N–H and O–H groups in total. The van der Waals surface area contributed by atoms with Crippen LogP contribution in [0.15, 0.2) is 18.2 Å². The van der Waals surface area contributed by atoms with Crippen molar-refractivity contribution in [1.29, 1.82) is 0 Å². The molecule has 0 bridgehead atoms. The highest BCUT2D eigenvalue weighted by Crippen LogP contribution is 2.24. The third kappa shape index (κ3) is 2.73. The minimum atomic E-state index is -0.263. The minimum Gasteiger partial charge on any atom is -0.506 e. The Labute approximate surface area is 106 Å². The molecule has 1 unspecified atom stereocenters. The maximum absolute atomic E-state index is 11.4. The summed E-state index contributed by atoms with van der Waals surface area (Å²) in [6.07, 6.45) is 2.95. The number of carbonyl (C=O) groups is 1. The highest BCUT2D eigenvalue weighted by molar-refractivity contribution is 5.79. The maximum Gasteiger partial charge on any atom is 0.234 e. The van der Waals surface area contributed by atoms with E-state index in [0.29, 0.717) is 12.2 Å². The van der Waals surface area contributed by atoms with E-state index in [1.165, 1.54) is 0 Å². The van der Waals surface area contributed by atoms with E-state index in [-0.39, 0.29) is 17.7 Å². The van der Waals surface area contributed by atoms with Crippen LogP contribution in [0.5, 0.6) is 5.75 Å². The first-order valence-electron chi connectivity index (χ1n) is 6.18. The summed E-state index contributed by atoms with van der Waals surface area (Å²) in [5.74, 6) is -0.176. The number of phenols is 1. The highest BCUT2D eigenvalue weighted by atomic mass is 16.3. The van der Waals surface area contributed by atoms with Crippen molar-refractivity contribution >= 4 is 11.6 Å². The van der Waals surface area contributed by atoms with E-state index in [1.54, 1.807) is 12.1 Å². The number of hydrogen-bond acceptors (Lipinski definition) is 4. The predicted octanol–water partition coefficient (Wildman–Crippen LogP) is 0.814. The van der Waals surface area contributed by atoms with Crippen molar-refractivity contribution in [3.05, 3.63) is 23.8 Å². The number of rotatable bonds is 3. The Morgan fingerprint density at radius 3 is 2.89 bits per heavy atom. The molecule has 0 aromatic heterocycles. The first-order valence-corrected chi connectivity index (χ1v) is 6.18. The van der Waals surface area contributed by atoms with Gasteiger partial charge in [-0.15, -0.1) is 0 Å². The summed E-state index contributed by atoms with van der Waals surface area (Å²) < 4.78 is 0. The van der Waals surface area contributed by atoms with Gasteiger partial charge in [0.1, 0.15) is 5.75 Å². The molecule has 1 atom stereocenters. The zero-order valence-corrected chi connectivity index (χ0v) is 10.3. The second-order valence-corrected chi connectivity index (χ2v) is 4.78. The molecule has 18 heavy (non-hydrogen) atoms. The number of phenolic OH excluding ortho intramolecular Hbond substituents is 1. The van der Waals surface area contributed by atoms with Crippen molar-refractivity contribution in [3.63, 3.8) is 0 Å². The molecular weight excluding hydrogens is 230 g/mol. The molecule has 1 aromatic carbocycles. The van der Waals surface area contributed by atoms with Crippen LogP contribution in [0, 0.1) is 0 Å². The summed E-state index contributed by atoms with van der Waals surface area (Å²) in [5, 5.41) is 9.38. The third-order valence-electron chi connectivity index (χ3n) is 3.42. The number of likely N-dealkylation sites (tertiary alicyclic amines) is 1. The standard InChI is InChI=1S/C13H19N3O2/c14-10-7-9(4-5-12(10)17)8-16-6-2-1-3-11(16)13(15)18/h4-5,7,11,17H,1-3,6,8,14H2,(H2,15,18). The van der Waals surface area contributed by atoms with Gasteiger partial charge >= 0.3 is 0 Å². The van der Waals surface area contributed by atoms with E-state index in [0.717, 1.165) is 31.4 Å². The summed E-state index contributed by atoms with van der Waals surface area (Å²) in [6.45, 7) is 1.51. The summed E-state index contributed by atoms with van der Waals surface area (Å²) in [6, 6.07) is 4.95. The van der Waals surface area contributed by atoms with Gasteiger partial charge in [0.05, 0.1) is 11.7 Å². The molecule has 1 fully saturated rings. The van der Waals surface area contributed by atoms with Gasteiger partial charge in [-0.2, -0.15) is 0 Å². The quantitative estimate of drug-likeness (QED) is 0.546. The van der Waals surface area contributed by atoms with Gasteiger partial charge in [-0.05, 0) is 37.1 Å². The normalized spacial score (nSPS) is 20.8. The van der Waals surface area contributed by atoms with Crippen LogP contribution in [-0.4, -0.2) is 28.5 Å². The Kier molecular flexibility index (Phi) is 3.72. The van der Waals surface area contributed by atoms with Crippen LogP contribution in [0.3, 0.4) is 0 Å². The van der Waals surface area contributed by atoms with Gasteiger partial charge in [0.2, 0.25) is 5.91 Å². The Bertz CT molecular complexity index is 448. The van der Waals surface area contributed by atoms with E-state index in [2.05, 4.69) is 4.90 Å². The van der Waals surface area contributed by atoms with E-state index < -0.39 is 0 Å². The van der Waals surface area contributed by atoms with Gasteiger partial charge in [0.15, 0.2) is 0 Å². The van der Waals surface area contributed by atoms with Crippen molar-refractivity contribution in [2.75, 3.05) is 12.3 Å². The number of benzene rings is 1. The van der Waals surface area contributed by atoms with E-state index in [4.69, 9.17) is 11.5 Å². The monoisotopic (exact) mass is 249 g/mol. The number of nitrogens with two attached hydrogens (primary N) is 2. The fraction of sp³-hybridized carbons (Fsp3) is 0.462. The van der Waals surface area contributed by atoms with Crippen molar-refractivity contribution in [3.8, 4) is 5.75 Å². The molecule has 1 amide bonds. The molecule has 0 spiro atoms. The first kappa shape index (κ1) is 12.7. The van der Waals surface area contributed by atoms with Gasteiger partial charge < -0.3 is 16.6 Å². The number of aromatic hydroxyl groups is 1. The lowest BCUT2D eigenvalue weighted by atomic mass is 10.0. The number of hydrogen-bond donors (Lipinski definition) is 3. The Hall–Kier alpha value is -1.75. The molecule has 1 aromatic rings. The van der Waals surface area contributed by atoms with Gasteiger partial charge in [-0.3, -0.25) is 9.69 Å². The molecule has 2 rings (SSSR count). The third-order valence-corrected chi connectivity index (χ3v) is 3.42. The zero-order chi connectivity index (χ0) is 13.1. The van der Waals surface area contributed by atoms with Gasteiger partial charge in [0.25, 0.3) is 0 Å². The molecule has 1 aliphatic heterocycles. The Balaban J connectivity index is 2.10. The number of primary amides is 1. The van der Waals surface area contributed by atoms with Crippen LogP contribution in [-0.2, 0) is 11.3 Å². The Morgan fingerprint density at radius 2 is 2.22 bits per heavy atom. The van der Waals surface area contributed by atoms with Crippen LogP contribution in [0.1, 0.15) is 24.8 Å². The molecule has 1 aliphatic rings. The van der Waals surface area contributed by atoms with Gasteiger partial charge in [-0.1, -0.05) is 12.5 Å². The molecule has 1 heterocycles. The van der Waals surface area contributed by atoms with E-state index in [9.17, 15) is 9.90 Å². The molecule has 5 nitrogen and oxygen atoms in total. The van der Waals surface area contributed by atoms with Crippen LogP contribution < -0.4 is 11.5 Å². The first-order chi connectivity index (χ1) is 8.58. The summed E-state index contributed by atoms with van der Waals surface area (Å²) in [5.41, 5.74) is 12.4. The lowest BCUT2D eigenvalue weighted by Crippen LogP contribution is -2.47. The number of piperidine rings is 1. The summed E-state index contributed by atoms with van der Waals surface area (Å²) in [7, 11) is 0. The lowest BCUT2D eigenvalue weighted by molar-refractivity contribution is -0.124. The number of amides is 1. The van der Waals surface area contributed by atoms with Crippen molar-refractivity contribution in [1.82, 2.24) is 4.90 Å². The summed E-state index contributed by atoms with van der Waals surface area (Å²) >= 11 is 0. The second kappa shape index (κ2) is 5.27. The zero-order valence-electron chi connectivity index (χ0n) is 10.3. The number of nitrogens with zero attached hydrogens (tertiary/aromatic N) is 1. The molecule has 98 valence electrons. The number of carbonyl (C=O) groups excluding carboxylic acids is 1. The van der Waals surface area contributed by atoms with Gasteiger partial charge in [-0.25, -0.2) is 0 Å². The highest BCUT2D eigenvalue weighted by Gasteiger charge is 2.26. The van der Waals surface area contributed by atoms with Crippen molar-refractivity contribution in [2.45, 2.75) is 31.8 Å². The molecule has 0 saturated carbocycles. The summed E-state index contributed by atoms with van der Waals surface area (Å²) in [4.78, 5) is 13.5. The minimum absolute atomic E-state index is 0.0869. The fourth-order valence-corrected chi connectivity index (χ4v) is 2.44. The molecule has 0 radical (unpaired) electrons. The topological polar surface area (TPSA) is 92.6 Å². The van der Waals surface area contributed by atoms with Crippen LogP contribution in [0.4, 0.5) is 5.69 Å². The fourth-order valence-electron chi connectivity index (χ4n) is 2.44. The van der Waals surface area contributed by atoms with Crippen molar-refractivity contribution in [2.24, 2.45) is 5.73 Å². The number of anilines is 1. The lowest BCUT2D eigenvalue weighted by Gasteiger charge is -2.33. The predicted molar refractivity (Wildman–Crippen MR) is 69.8 cm³/mol. The maximum atomic E-state index is 11.4. The molecule has 0 aliphatic carbocycles. The largest absolute Gasteiger partial charge is 0.506 e. The molecule has 5 heteroatoms. The smallest absolute Gasteiger partial charge is 0.234 e. The average Bonchev–Trinajstić information content (AvgIpc) is 2.34. The van der Waals surface area contributed by atoms with Crippen LogP contribution in [0.25, 0.3) is 0 Å². The van der Waals surface area contributed by atoms with Crippen LogP contribution in [0.2, 0.25) is 0 Å². The van der Waals surface area contributed by atoms with E-state index in [1.807, 2.05) is 6.07 Å². The number of nitrogen functional groups attached to an aromatic ring is 1. The Morgan fingerprint density at radius 1 is 1.44 bits per heavy atom. The van der Waals surface area contributed by atoms with Crippen LogP contribution >= 0.6 is 0 Å². The van der Waals surface area contributed by atoms with Crippen molar-refractivity contribution < 1.29 is 9.90 Å². The van der Waals surface area contributed by atoms with E-state index >= 15 is 0 Å². The SMILES string of the molecule is NC(=O)C1CCCCN1Cc1ccc(O)c(N)c1.